The summed E-state index contributed by atoms with van der Waals surface area (Å²) in [4.78, 5) is 21.9. The molecular formula is C22H23ClN4O3. The minimum Gasteiger partial charge on any atom is -0.477 e. The van der Waals surface area contributed by atoms with Crippen LogP contribution >= 0.6 is 11.6 Å². The van der Waals surface area contributed by atoms with Crippen LogP contribution in [0.15, 0.2) is 42.5 Å². The van der Waals surface area contributed by atoms with Crippen LogP contribution in [0.5, 0.6) is 5.75 Å². The van der Waals surface area contributed by atoms with Gasteiger partial charge in [-0.3, -0.25) is 4.79 Å². The Kier molecular flexibility index (Phi) is 5.00. The highest BCUT2D eigenvalue weighted by Crippen LogP contribution is 2.35. The maximum Gasteiger partial charge on any atom is 0.265 e. The molecule has 3 aromatic rings. The minimum atomic E-state index is -0.554. The van der Waals surface area contributed by atoms with Gasteiger partial charge in [0, 0.05) is 25.2 Å². The van der Waals surface area contributed by atoms with Gasteiger partial charge in [-0.05, 0) is 30.3 Å². The van der Waals surface area contributed by atoms with Crippen LogP contribution in [0.4, 0.5) is 5.69 Å². The summed E-state index contributed by atoms with van der Waals surface area (Å²) in [6.07, 6.45) is -0.554. The minimum absolute atomic E-state index is 0.00888. The highest BCUT2D eigenvalue weighted by molar-refractivity contribution is 6.31. The van der Waals surface area contributed by atoms with Crippen LogP contribution in [-0.2, 0) is 23.1 Å². The topological polar surface area (TPSA) is 59.8 Å². The Bertz CT molecular complexity index is 1090. The normalized spacial score (nSPS) is 18.9. The lowest BCUT2D eigenvalue weighted by atomic mass is 10.1. The number of ether oxygens (including phenoxy) is 2. The second-order valence-corrected chi connectivity index (χ2v) is 8.05. The van der Waals surface area contributed by atoms with Gasteiger partial charge >= 0.3 is 0 Å². The predicted octanol–water partition coefficient (Wildman–Crippen LogP) is 2.85. The molecule has 5 rings (SSSR count). The molecule has 7 nitrogen and oxygen atoms in total. The maximum atomic E-state index is 13.1. The SMILES string of the molecule is Cn1c(CN2CC(C(=O)N3CCOCC3)Oc3ccccc32)nc2cc(Cl)ccc21. The quantitative estimate of drug-likeness (QED) is 0.644. The van der Waals surface area contributed by atoms with E-state index in [1.54, 1.807) is 0 Å². The van der Waals surface area contributed by atoms with Gasteiger partial charge in [-0.1, -0.05) is 23.7 Å². The number of rotatable bonds is 3. The molecule has 2 aliphatic heterocycles. The highest BCUT2D eigenvalue weighted by atomic mass is 35.5. The van der Waals surface area contributed by atoms with Gasteiger partial charge in [-0.2, -0.15) is 0 Å². The van der Waals surface area contributed by atoms with Crippen molar-refractivity contribution in [1.82, 2.24) is 14.5 Å². The molecule has 30 heavy (non-hydrogen) atoms. The molecule has 0 saturated carbocycles. The predicted molar refractivity (Wildman–Crippen MR) is 115 cm³/mol. The number of hydrogen-bond donors (Lipinski definition) is 0. The third-order valence-electron chi connectivity index (χ3n) is 5.73. The first-order valence-electron chi connectivity index (χ1n) is 10.1. The van der Waals surface area contributed by atoms with Crippen LogP contribution in [-0.4, -0.2) is 59.3 Å². The third-order valence-corrected chi connectivity index (χ3v) is 5.96. The molecule has 2 aliphatic rings. The Balaban J connectivity index is 1.44. The number of aromatic nitrogens is 2. The lowest BCUT2D eigenvalue weighted by Crippen LogP contribution is -2.53. The number of morpholine rings is 1. The summed E-state index contributed by atoms with van der Waals surface area (Å²) in [6.45, 7) is 3.38. The average molecular weight is 427 g/mol. The van der Waals surface area contributed by atoms with E-state index in [0.717, 1.165) is 28.3 Å². The summed E-state index contributed by atoms with van der Waals surface area (Å²) in [6, 6.07) is 13.6. The Hall–Kier alpha value is -2.77. The Morgan fingerprint density at radius 1 is 1.20 bits per heavy atom. The van der Waals surface area contributed by atoms with E-state index in [1.165, 1.54) is 0 Å². The highest BCUT2D eigenvalue weighted by Gasteiger charge is 2.34. The Morgan fingerprint density at radius 2 is 2.00 bits per heavy atom. The van der Waals surface area contributed by atoms with Crippen molar-refractivity contribution in [3.63, 3.8) is 0 Å². The largest absolute Gasteiger partial charge is 0.477 e. The fourth-order valence-electron chi connectivity index (χ4n) is 4.11. The van der Waals surface area contributed by atoms with Gasteiger partial charge < -0.3 is 23.8 Å². The van der Waals surface area contributed by atoms with E-state index in [0.29, 0.717) is 44.4 Å². The van der Waals surface area contributed by atoms with Crippen molar-refractivity contribution in [1.29, 1.82) is 0 Å². The summed E-state index contributed by atoms with van der Waals surface area (Å²) in [5.74, 6) is 1.63. The van der Waals surface area contributed by atoms with E-state index in [2.05, 4.69) is 9.47 Å². The molecule has 8 heteroatoms. The van der Waals surface area contributed by atoms with Gasteiger partial charge in [0.1, 0.15) is 11.6 Å². The van der Waals surface area contributed by atoms with Gasteiger partial charge in [0.05, 0.1) is 43.0 Å². The van der Waals surface area contributed by atoms with Gasteiger partial charge in [0.25, 0.3) is 5.91 Å². The van der Waals surface area contributed by atoms with Crippen molar-refractivity contribution < 1.29 is 14.3 Å². The molecule has 0 bridgehead atoms. The van der Waals surface area contributed by atoms with Crippen molar-refractivity contribution >= 4 is 34.2 Å². The van der Waals surface area contributed by atoms with Gasteiger partial charge in [-0.15, -0.1) is 0 Å². The van der Waals surface area contributed by atoms with Crippen LogP contribution in [0, 0.1) is 0 Å². The molecule has 0 spiro atoms. The fourth-order valence-corrected chi connectivity index (χ4v) is 4.27. The van der Waals surface area contributed by atoms with Crippen LogP contribution < -0.4 is 9.64 Å². The summed E-state index contributed by atoms with van der Waals surface area (Å²) >= 11 is 6.14. The lowest BCUT2D eigenvalue weighted by molar-refractivity contribution is -0.142. The number of para-hydroxylation sites is 2. The standard InChI is InChI=1S/C22H23ClN4O3/c1-25-17-7-6-15(23)12-16(17)24-21(25)14-27-13-20(22(28)26-8-10-29-11-9-26)30-19-5-3-2-4-18(19)27/h2-7,12,20H,8-11,13-14H2,1H3. The van der Waals surface area contributed by atoms with E-state index >= 15 is 0 Å². The molecule has 1 fully saturated rings. The zero-order valence-electron chi connectivity index (χ0n) is 16.8. The van der Waals surface area contributed by atoms with Crippen LogP contribution in [0.1, 0.15) is 5.82 Å². The van der Waals surface area contributed by atoms with E-state index in [9.17, 15) is 4.79 Å². The number of carbonyl (C=O) groups is 1. The van der Waals surface area contributed by atoms with Crippen molar-refractivity contribution in [2.24, 2.45) is 7.05 Å². The van der Waals surface area contributed by atoms with Crippen molar-refractivity contribution in [2.75, 3.05) is 37.7 Å². The monoisotopic (exact) mass is 426 g/mol. The number of imidazole rings is 1. The average Bonchev–Trinajstić information content (AvgIpc) is 3.08. The number of hydrogen-bond acceptors (Lipinski definition) is 5. The number of benzene rings is 2. The summed E-state index contributed by atoms with van der Waals surface area (Å²) in [5, 5.41) is 0.667. The Morgan fingerprint density at radius 3 is 2.83 bits per heavy atom. The van der Waals surface area contributed by atoms with E-state index in [-0.39, 0.29) is 5.91 Å². The molecule has 0 aliphatic carbocycles. The number of amides is 1. The second kappa shape index (κ2) is 7.81. The second-order valence-electron chi connectivity index (χ2n) is 7.61. The molecule has 3 heterocycles. The van der Waals surface area contributed by atoms with Gasteiger partial charge in [0.15, 0.2) is 6.10 Å². The number of halogens is 1. The van der Waals surface area contributed by atoms with Gasteiger partial charge in [0.2, 0.25) is 0 Å². The molecule has 1 saturated heterocycles. The molecular weight excluding hydrogens is 404 g/mol. The zero-order chi connectivity index (χ0) is 20.7. The molecule has 1 atom stereocenters. The molecule has 156 valence electrons. The van der Waals surface area contributed by atoms with E-state index < -0.39 is 6.10 Å². The first-order valence-corrected chi connectivity index (χ1v) is 10.5. The zero-order valence-corrected chi connectivity index (χ0v) is 17.5. The molecule has 2 aromatic carbocycles. The number of aryl methyl sites for hydroxylation is 1. The van der Waals surface area contributed by atoms with Crippen molar-refractivity contribution in [3.8, 4) is 5.75 Å². The first-order chi connectivity index (χ1) is 14.6. The molecule has 1 aromatic heterocycles. The molecule has 1 amide bonds. The summed E-state index contributed by atoms with van der Waals surface area (Å²) in [5.41, 5.74) is 2.85. The molecule has 0 radical (unpaired) electrons. The lowest BCUT2D eigenvalue weighted by Gasteiger charge is -2.38. The summed E-state index contributed by atoms with van der Waals surface area (Å²) < 4.78 is 13.6. The molecule has 1 unspecified atom stereocenters. The van der Waals surface area contributed by atoms with Crippen LogP contribution in [0.25, 0.3) is 11.0 Å². The van der Waals surface area contributed by atoms with Gasteiger partial charge in [-0.25, -0.2) is 4.98 Å². The fraction of sp³-hybridized carbons (Fsp3) is 0.364. The van der Waals surface area contributed by atoms with E-state index in [1.807, 2.05) is 54.4 Å². The Labute approximate surface area is 179 Å². The maximum absolute atomic E-state index is 13.1. The van der Waals surface area contributed by atoms with Crippen molar-refractivity contribution in [2.45, 2.75) is 12.6 Å². The van der Waals surface area contributed by atoms with E-state index in [4.69, 9.17) is 26.1 Å². The van der Waals surface area contributed by atoms with Crippen LogP contribution in [0.3, 0.4) is 0 Å². The first kappa shape index (κ1) is 19.2. The van der Waals surface area contributed by atoms with Crippen LogP contribution in [0.2, 0.25) is 5.02 Å². The summed E-state index contributed by atoms with van der Waals surface area (Å²) in [7, 11) is 2.00. The smallest absolute Gasteiger partial charge is 0.265 e. The number of nitrogens with zero attached hydrogens (tertiary/aromatic N) is 4. The number of fused-ring (bicyclic) bond motifs is 2. The number of carbonyl (C=O) groups excluding carboxylic acids is 1. The molecule has 0 N–H and O–H groups in total. The van der Waals surface area contributed by atoms with Crippen molar-refractivity contribution in [3.05, 3.63) is 53.3 Å². The number of anilines is 1. The third kappa shape index (κ3) is 3.48.